The Bertz CT molecular complexity index is 906. The molecule has 0 unspecified atom stereocenters. The second kappa shape index (κ2) is 8.08. The lowest BCUT2D eigenvalue weighted by molar-refractivity contribution is 0.114. The summed E-state index contributed by atoms with van der Waals surface area (Å²) in [6.07, 6.45) is 0. The van der Waals surface area contributed by atoms with Gasteiger partial charge in [0.1, 0.15) is 5.75 Å². The molecule has 1 fully saturated rings. The first-order valence-electron chi connectivity index (χ1n) is 8.97. The fraction of sp³-hybridized carbons (Fsp3) is 0.300. The molecule has 0 bridgehead atoms. The van der Waals surface area contributed by atoms with Crippen molar-refractivity contribution in [3.63, 3.8) is 0 Å². The SMILES string of the molecule is Oc1cccc(CN2CCN(Cc3nnc(-c4ccccc4Cl)o3)CC2)c1. The number of benzene rings is 2. The molecule has 0 radical (unpaired) electrons. The highest BCUT2D eigenvalue weighted by atomic mass is 35.5. The minimum Gasteiger partial charge on any atom is -0.508 e. The third-order valence-electron chi connectivity index (χ3n) is 4.71. The summed E-state index contributed by atoms with van der Waals surface area (Å²) >= 11 is 6.19. The van der Waals surface area contributed by atoms with Crippen molar-refractivity contribution in [3.8, 4) is 17.2 Å². The molecule has 1 aromatic heterocycles. The highest BCUT2D eigenvalue weighted by Gasteiger charge is 2.20. The van der Waals surface area contributed by atoms with E-state index in [-0.39, 0.29) is 0 Å². The Morgan fingerprint density at radius 1 is 0.926 bits per heavy atom. The van der Waals surface area contributed by atoms with Crippen LogP contribution in [0.5, 0.6) is 5.75 Å². The second-order valence-corrected chi connectivity index (χ2v) is 7.11. The number of aromatic nitrogens is 2. The van der Waals surface area contributed by atoms with Crippen molar-refractivity contribution in [2.24, 2.45) is 0 Å². The van der Waals surface area contributed by atoms with Crippen LogP contribution in [0.25, 0.3) is 11.5 Å². The van der Waals surface area contributed by atoms with Crippen molar-refractivity contribution in [1.29, 1.82) is 0 Å². The maximum Gasteiger partial charge on any atom is 0.249 e. The molecule has 140 valence electrons. The van der Waals surface area contributed by atoms with E-state index in [9.17, 15) is 5.11 Å². The molecule has 0 saturated carbocycles. The number of hydrogen-bond acceptors (Lipinski definition) is 6. The minimum absolute atomic E-state index is 0.317. The largest absolute Gasteiger partial charge is 0.508 e. The fourth-order valence-electron chi connectivity index (χ4n) is 3.27. The van der Waals surface area contributed by atoms with E-state index < -0.39 is 0 Å². The third-order valence-corrected chi connectivity index (χ3v) is 5.04. The Morgan fingerprint density at radius 2 is 1.67 bits per heavy atom. The predicted molar refractivity (Wildman–Crippen MR) is 103 cm³/mol. The van der Waals surface area contributed by atoms with Gasteiger partial charge in [0.05, 0.1) is 17.1 Å². The summed E-state index contributed by atoms with van der Waals surface area (Å²) in [5.74, 6) is 1.38. The molecule has 3 aromatic rings. The van der Waals surface area contributed by atoms with Crippen molar-refractivity contribution < 1.29 is 9.52 Å². The van der Waals surface area contributed by atoms with Gasteiger partial charge in [-0.3, -0.25) is 9.80 Å². The molecule has 7 heteroatoms. The summed E-state index contributed by atoms with van der Waals surface area (Å²) in [6, 6.07) is 14.9. The van der Waals surface area contributed by atoms with E-state index >= 15 is 0 Å². The molecule has 1 aliphatic rings. The number of piperazine rings is 1. The van der Waals surface area contributed by atoms with E-state index in [1.807, 2.05) is 42.5 Å². The van der Waals surface area contributed by atoms with Crippen LogP contribution < -0.4 is 0 Å². The van der Waals surface area contributed by atoms with Gasteiger partial charge in [-0.25, -0.2) is 0 Å². The molecule has 2 aromatic carbocycles. The molecule has 2 heterocycles. The molecular formula is C20H21ClN4O2. The number of phenolic OH excluding ortho intramolecular Hbond substituents is 1. The standard InChI is InChI=1S/C20H21ClN4O2/c21-18-7-2-1-6-17(18)20-23-22-19(27-20)14-25-10-8-24(9-11-25)13-15-4-3-5-16(26)12-15/h1-7,12,26H,8-11,13-14H2. The zero-order valence-corrected chi connectivity index (χ0v) is 15.6. The Morgan fingerprint density at radius 3 is 2.41 bits per heavy atom. The first kappa shape index (κ1) is 18.0. The number of hydrogen-bond donors (Lipinski definition) is 1. The van der Waals surface area contributed by atoms with Gasteiger partial charge in [0, 0.05) is 32.7 Å². The van der Waals surface area contributed by atoms with Gasteiger partial charge in [0.2, 0.25) is 11.8 Å². The summed E-state index contributed by atoms with van der Waals surface area (Å²) in [5, 5.41) is 18.5. The number of halogens is 1. The molecule has 27 heavy (non-hydrogen) atoms. The Kier molecular flexibility index (Phi) is 5.38. The molecule has 0 amide bonds. The predicted octanol–water partition coefficient (Wildman–Crippen LogP) is 3.41. The van der Waals surface area contributed by atoms with Gasteiger partial charge < -0.3 is 9.52 Å². The van der Waals surface area contributed by atoms with Crippen molar-refractivity contribution in [2.45, 2.75) is 13.1 Å². The van der Waals surface area contributed by atoms with Gasteiger partial charge in [-0.15, -0.1) is 10.2 Å². The molecule has 0 aliphatic carbocycles. The van der Waals surface area contributed by atoms with Crippen LogP contribution in [0.15, 0.2) is 52.9 Å². The average molecular weight is 385 g/mol. The molecule has 4 rings (SSSR count). The van der Waals surface area contributed by atoms with Gasteiger partial charge in [0.15, 0.2) is 0 Å². The summed E-state index contributed by atoms with van der Waals surface area (Å²) in [7, 11) is 0. The van der Waals surface area contributed by atoms with Crippen LogP contribution in [0, 0.1) is 0 Å². The van der Waals surface area contributed by atoms with Crippen LogP contribution in [0.4, 0.5) is 0 Å². The van der Waals surface area contributed by atoms with Gasteiger partial charge in [-0.1, -0.05) is 35.9 Å². The van der Waals surface area contributed by atoms with E-state index in [1.54, 1.807) is 6.07 Å². The molecule has 1 saturated heterocycles. The van der Waals surface area contributed by atoms with E-state index in [4.69, 9.17) is 16.0 Å². The van der Waals surface area contributed by atoms with Crippen LogP contribution in [0.2, 0.25) is 5.02 Å². The van der Waals surface area contributed by atoms with Crippen molar-refractivity contribution in [2.75, 3.05) is 26.2 Å². The smallest absolute Gasteiger partial charge is 0.249 e. The minimum atomic E-state index is 0.317. The van der Waals surface area contributed by atoms with Crippen molar-refractivity contribution in [3.05, 3.63) is 65.0 Å². The zero-order valence-electron chi connectivity index (χ0n) is 14.9. The summed E-state index contributed by atoms with van der Waals surface area (Å²) in [4.78, 5) is 4.69. The lowest BCUT2D eigenvalue weighted by Crippen LogP contribution is -2.45. The number of rotatable bonds is 5. The average Bonchev–Trinajstić information content (AvgIpc) is 3.12. The Hall–Kier alpha value is -2.41. The lowest BCUT2D eigenvalue weighted by Gasteiger charge is -2.33. The van der Waals surface area contributed by atoms with E-state index in [0.29, 0.717) is 29.1 Å². The highest BCUT2D eigenvalue weighted by Crippen LogP contribution is 2.26. The zero-order chi connectivity index (χ0) is 18.6. The summed E-state index contributed by atoms with van der Waals surface area (Å²) in [6.45, 7) is 5.27. The molecule has 1 aliphatic heterocycles. The molecule has 0 atom stereocenters. The van der Waals surface area contributed by atoms with Crippen LogP contribution >= 0.6 is 11.6 Å². The maximum absolute atomic E-state index is 9.59. The monoisotopic (exact) mass is 384 g/mol. The molecular weight excluding hydrogens is 364 g/mol. The first-order chi connectivity index (χ1) is 13.2. The number of phenols is 1. The van der Waals surface area contributed by atoms with Crippen LogP contribution in [0.3, 0.4) is 0 Å². The number of aromatic hydroxyl groups is 1. The Labute approximate surface area is 163 Å². The fourth-order valence-corrected chi connectivity index (χ4v) is 3.49. The van der Waals surface area contributed by atoms with Crippen molar-refractivity contribution in [1.82, 2.24) is 20.0 Å². The highest BCUT2D eigenvalue weighted by molar-refractivity contribution is 6.33. The van der Waals surface area contributed by atoms with Gasteiger partial charge in [-0.05, 0) is 29.8 Å². The summed E-state index contributed by atoms with van der Waals surface area (Å²) < 4.78 is 5.80. The first-order valence-corrected chi connectivity index (χ1v) is 9.35. The van der Waals surface area contributed by atoms with Gasteiger partial charge in [0.25, 0.3) is 0 Å². The van der Waals surface area contributed by atoms with E-state index in [0.717, 1.165) is 43.9 Å². The topological polar surface area (TPSA) is 65.6 Å². The maximum atomic E-state index is 9.59. The Balaban J connectivity index is 1.31. The lowest BCUT2D eigenvalue weighted by atomic mass is 10.2. The van der Waals surface area contributed by atoms with E-state index in [2.05, 4.69) is 20.0 Å². The third kappa shape index (κ3) is 4.47. The van der Waals surface area contributed by atoms with Crippen molar-refractivity contribution >= 4 is 11.6 Å². The van der Waals surface area contributed by atoms with Crippen LogP contribution in [0.1, 0.15) is 11.5 Å². The van der Waals surface area contributed by atoms with Gasteiger partial charge in [-0.2, -0.15) is 0 Å². The normalized spacial score (nSPS) is 15.9. The molecule has 0 spiro atoms. The summed E-state index contributed by atoms with van der Waals surface area (Å²) in [5.41, 5.74) is 1.89. The molecule has 1 N–H and O–H groups in total. The van der Waals surface area contributed by atoms with Crippen LogP contribution in [-0.4, -0.2) is 51.3 Å². The quantitative estimate of drug-likeness (QED) is 0.727. The van der Waals surface area contributed by atoms with E-state index in [1.165, 1.54) is 0 Å². The number of nitrogens with zero attached hydrogens (tertiary/aromatic N) is 4. The second-order valence-electron chi connectivity index (χ2n) is 6.70. The van der Waals surface area contributed by atoms with Crippen LogP contribution in [-0.2, 0) is 13.1 Å². The van der Waals surface area contributed by atoms with Gasteiger partial charge >= 0.3 is 0 Å². The molecule has 6 nitrogen and oxygen atoms in total.